The van der Waals surface area contributed by atoms with Gasteiger partial charge in [-0.1, -0.05) is 11.8 Å². The second-order valence-electron chi connectivity index (χ2n) is 7.83. The summed E-state index contributed by atoms with van der Waals surface area (Å²) in [6.45, 7) is 8.66. The molecule has 1 aromatic heterocycles. The van der Waals surface area contributed by atoms with Gasteiger partial charge in [0, 0.05) is 37.8 Å². The summed E-state index contributed by atoms with van der Waals surface area (Å²) >= 11 is 0. The van der Waals surface area contributed by atoms with E-state index >= 15 is 0 Å². The molecule has 0 saturated heterocycles. The molecule has 2 rings (SSSR count). The van der Waals surface area contributed by atoms with Gasteiger partial charge in [0.15, 0.2) is 0 Å². The Bertz CT molecular complexity index is 1110. The molecular formula is C26H35N2O6P. The number of carbonyl (C=O) groups is 1. The Balaban J connectivity index is 2.26. The molecule has 0 aliphatic rings. The summed E-state index contributed by atoms with van der Waals surface area (Å²) in [4.78, 5) is 17.8. The zero-order chi connectivity index (χ0) is 25.8. The van der Waals surface area contributed by atoms with Crippen LogP contribution in [0.15, 0.2) is 30.3 Å². The van der Waals surface area contributed by atoms with E-state index in [1.165, 1.54) is 6.66 Å². The Morgan fingerprint density at radius 2 is 1.86 bits per heavy atom. The maximum absolute atomic E-state index is 12.8. The van der Waals surface area contributed by atoms with Crippen molar-refractivity contribution in [3.05, 3.63) is 47.2 Å². The number of aromatic nitrogens is 1. The van der Waals surface area contributed by atoms with Gasteiger partial charge < -0.3 is 24.0 Å². The summed E-state index contributed by atoms with van der Waals surface area (Å²) < 4.78 is 29.1. The third-order valence-corrected chi connectivity index (χ3v) is 6.91. The third kappa shape index (κ3) is 8.70. The average molecular weight is 503 g/mol. The highest BCUT2D eigenvalue weighted by atomic mass is 31.2. The van der Waals surface area contributed by atoms with E-state index in [0.29, 0.717) is 49.7 Å². The zero-order valence-corrected chi connectivity index (χ0v) is 22.1. The highest BCUT2D eigenvalue weighted by Gasteiger charge is 2.21. The second-order valence-corrected chi connectivity index (χ2v) is 10.2. The molecule has 0 aliphatic heterocycles. The van der Waals surface area contributed by atoms with E-state index in [4.69, 9.17) is 14.0 Å². The van der Waals surface area contributed by atoms with Crippen molar-refractivity contribution in [1.29, 1.82) is 0 Å². The summed E-state index contributed by atoms with van der Waals surface area (Å²) in [6, 6.07) is 8.98. The minimum Gasteiger partial charge on any atom is -0.491 e. The first-order valence-corrected chi connectivity index (χ1v) is 13.8. The number of pyridine rings is 1. The fourth-order valence-corrected chi connectivity index (χ4v) is 4.52. The molecule has 0 radical (unpaired) electrons. The number of nitrogens with zero attached hydrogens (tertiary/aromatic N) is 2. The molecule has 0 bridgehead atoms. The van der Waals surface area contributed by atoms with E-state index in [9.17, 15) is 14.5 Å². The number of hydrogen-bond donors (Lipinski definition) is 1. The van der Waals surface area contributed by atoms with Gasteiger partial charge in [-0.25, -0.2) is 4.98 Å². The molecule has 1 N–H and O–H groups in total. The first-order chi connectivity index (χ1) is 16.7. The van der Waals surface area contributed by atoms with Crippen LogP contribution >= 0.6 is 7.37 Å². The number of ether oxygens (including phenoxy) is 2. The van der Waals surface area contributed by atoms with Crippen molar-refractivity contribution < 1.29 is 28.5 Å². The Kier molecular flexibility index (Phi) is 11.3. The second kappa shape index (κ2) is 13.9. The molecule has 1 heterocycles. The maximum Gasteiger partial charge on any atom is 0.305 e. The first kappa shape index (κ1) is 28.4. The molecule has 1 aromatic carbocycles. The summed E-state index contributed by atoms with van der Waals surface area (Å²) in [5.74, 6) is 6.70. The van der Waals surface area contributed by atoms with Gasteiger partial charge >= 0.3 is 5.97 Å². The monoisotopic (exact) mass is 502 g/mol. The van der Waals surface area contributed by atoms with Crippen molar-refractivity contribution in [3.8, 4) is 17.6 Å². The van der Waals surface area contributed by atoms with Crippen LogP contribution in [0.4, 0.5) is 5.69 Å². The van der Waals surface area contributed by atoms with E-state index < -0.39 is 7.37 Å². The standard InChI is InChI=1S/C26H35N2O6P/c1-6-28(4)23-17-20(13-14-24(23)33-15-9-10-26(30)32-7-2)11-12-21-16-22(19-29)27-25(18-21)35(5,31)34-8-3/h13-14,16-18,29H,6-10,15,19H2,1-5H3. The number of aliphatic hydroxyl groups is 1. The summed E-state index contributed by atoms with van der Waals surface area (Å²) in [6.07, 6.45) is 0.879. The Hall–Kier alpha value is -2.85. The minimum absolute atomic E-state index is 0.225. The van der Waals surface area contributed by atoms with Gasteiger partial charge in [-0.15, -0.1) is 0 Å². The number of anilines is 1. The topological polar surface area (TPSA) is 98.2 Å². The van der Waals surface area contributed by atoms with E-state index in [1.807, 2.05) is 32.2 Å². The smallest absolute Gasteiger partial charge is 0.305 e. The van der Waals surface area contributed by atoms with Crippen LogP contribution in [-0.4, -0.2) is 56.1 Å². The van der Waals surface area contributed by atoms with Crippen molar-refractivity contribution in [2.75, 3.05) is 45.0 Å². The predicted octanol–water partition coefficient (Wildman–Crippen LogP) is 3.72. The number of rotatable bonds is 12. The third-order valence-electron chi connectivity index (χ3n) is 5.10. The lowest BCUT2D eigenvalue weighted by molar-refractivity contribution is -0.143. The fourth-order valence-electron chi connectivity index (χ4n) is 3.21. The predicted molar refractivity (Wildman–Crippen MR) is 138 cm³/mol. The molecule has 35 heavy (non-hydrogen) atoms. The van der Waals surface area contributed by atoms with Crippen LogP contribution in [0.3, 0.4) is 0 Å². The average Bonchev–Trinajstić information content (AvgIpc) is 2.85. The number of aliphatic hydroxyl groups excluding tert-OH is 1. The molecular weight excluding hydrogens is 467 g/mol. The van der Waals surface area contributed by atoms with Crippen LogP contribution in [0.25, 0.3) is 0 Å². The SMILES string of the molecule is CCOC(=O)CCCOc1ccc(C#Cc2cc(CO)nc(P(C)(=O)OCC)c2)cc1N(C)CC. The van der Waals surface area contributed by atoms with Crippen molar-refractivity contribution in [2.24, 2.45) is 0 Å². The van der Waals surface area contributed by atoms with Crippen LogP contribution in [0, 0.1) is 11.8 Å². The summed E-state index contributed by atoms with van der Waals surface area (Å²) in [7, 11) is -1.14. The molecule has 2 aromatic rings. The summed E-state index contributed by atoms with van der Waals surface area (Å²) in [5.41, 5.74) is 2.91. The van der Waals surface area contributed by atoms with Crippen molar-refractivity contribution in [1.82, 2.24) is 4.98 Å². The Labute approximate surface area is 208 Å². The molecule has 8 nitrogen and oxygen atoms in total. The lowest BCUT2D eigenvalue weighted by Crippen LogP contribution is -2.17. The van der Waals surface area contributed by atoms with Gasteiger partial charge in [-0.2, -0.15) is 0 Å². The van der Waals surface area contributed by atoms with Crippen LogP contribution in [0.1, 0.15) is 50.4 Å². The van der Waals surface area contributed by atoms with Crippen molar-refractivity contribution in [2.45, 2.75) is 40.2 Å². The van der Waals surface area contributed by atoms with Gasteiger partial charge in [0.2, 0.25) is 7.37 Å². The van der Waals surface area contributed by atoms with Gasteiger partial charge in [0.1, 0.15) is 11.2 Å². The Morgan fingerprint density at radius 3 is 2.51 bits per heavy atom. The van der Waals surface area contributed by atoms with Crippen molar-refractivity contribution in [3.63, 3.8) is 0 Å². The zero-order valence-electron chi connectivity index (χ0n) is 21.2. The lowest BCUT2D eigenvalue weighted by Gasteiger charge is -2.21. The molecule has 0 fully saturated rings. The normalized spacial score (nSPS) is 12.3. The minimum atomic E-state index is -3.11. The van der Waals surface area contributed by atoms with E-state index in [2.05, 4.69) is 21.7 Å². The molecule has 0 spiro atoms. The van der Waals surface area contributed by atoms with Crippen LogP contribution in [0.2, 0.25) is 0 Å². The van der Waals surface area contributed by atoms with Crippen LogP contribution in [0.5, 0.6) is 5.75 Å². The highest BCUT2D eigenvalue weighted by molar-refractivity contribution is 7.65. The number of esters is 1. The number of carbonyl (C=O) groups excluding carboxylic acids is 1. The maximum atomic E-state index is 12.8. The first-order valence-electron chi connectivity index (χ1n) is 11.7. The molecule has 0 amide bonds. The van der Waals surface area contributed by atoms with E-state index in [1.54, 1.807) is 26.0 Å². The van der Waals surface area contributed by atoms with E-state index in [0.717, 1.165) is 17.8 Å². The highest BCUT2D eigenvalue weighted by Crippen LogP contribution is 2.40. The van der Waals surface area contributed by atoms with Crippen LogP contribution in [-0.2, 0) is 25.2 Å². The number of hydrogen-bond acceptors (Lipinski definition) is 8. The molecule has 1 atom stereocenters. The largest absolute Gasteiger partial charge is 0.491 e. The van der Waals surface area contributed by atoms with Gasteiger partial charge in [-0.05, 0) is 57.5 Å². The summed E-state index contributed by atoms with van der Waals surface area (Å²) in [5, 5.41) is 9.58. The van der Waals surface area contributed by atoms with Crippen molar-refractivity contribution >= 4 is 24.5 Å². The molecule has 0 aliphatic carbocycles. The fraction of sp³-hybridized carbons (Fsp3) is 0.462. The number of benzene rings is 1. The van der Waals surface area contributed by atoms with Gasteiger partial charge in [0.25, 0.3) is 0 Å². The van der Waals surface area contributed by atoms with E-state index in [-0.39, 0.29) is 18.0 Å². The quantitative estimate of drug-likeness (QED) is 0.203. The molecule has 1 unspecified atom stereocenters. The van der Waals surface area contributed by atoms with Gasteiger partial charge in [0.05, 0.1) is 37.8 Å². The Morgan fingerprint density at radius 1 is 1.11 bits per heavy atom. The van der Waals surface area contributed by atoms with Crippen LogP contribution < -0.4 is 15.1 Å². The lowest BCUT2D eigenvalue weighted by atomic mass is 10.1. The van der Waals surface area contributed by atoms with Gasteiger partial charge in [-0.3, -0.25) is 9.36 Å². The molecule has 9 heteroatoms. The molecule has 190 valence electrons. The molecule has 0 saturated carbocycles.